The lowest BCUT2D eigenvalue weighted by molar-refractivity contribution is 0.0714. The minimum Gasteiger partial charge on any atom is -0.493 e. The molecule has 2 aliphatic heterocycles. The fourth-order valence-electron chi connectivity index (χ4n) is 5.42. The van der Waals surface area contributed by atoms with Gasteiger partial charge in [-0.25, -0.2) is 4.39 Å². The Balaban J connectivity index is 1.42. The lowest BCUT2D eigenvalue weighted by Crippen LogP contribution is -2.29. The lowest BCUT2D eigenvalue weighted by Gasteiger charge is -2.26. The van der Waals surface area contributed by atoms with Crippen LogP contribution in [0.2, 0.25) is 0 Å². The van der Waals surface area contributed by atoms with Crippen LogP contribution in [0, 0.1) is 5.82 Å². The smallest absolute Gasteiger partial charge is 0.291 e. The molecule has 0 bridgehead atoms. The summed E-state index contributed by atoms with van der Waals surface area (Å²) in [6.07, 6.45) is 4.29. The van der Waals surface area contributed by atoms with Crippen LogP contribution in [-0.4, -0.2) is 31.3 Å². The van der Waals surface area contributed by atoms with E-state index in [1.807, 2.05) is 18.2 Å². The number of nitrogens with zero attached hydrogens (tertiary/aromatic N) is 1. The van der Waals surface area contributed by atoms with Crippen LogP contribution in [0.3, 0.4) is 0 Å². The second-order valence-electron chi connectivity index (χ2n) is 10.2. The molecule has 1 unspecified atom stereocenters. The summed E-state index contributed by atoms with van der Waals surface area (Å²) >= 11 is 0. The number of benzene rings is 3. The molecular formula is C32H30FNO7. The Labute approximate surface area is 236 Å². The third kappa shape index (κ3) is 4.96. The van der Waals surface area contributed by atoms with Gasteiger partial charge in [-0.05, 0) is 60.0 Å². The molecule has 0 saturated heterocycles. The Bertz CT molecular complexity index is 1680. The lowest BCUT2D eigenvalue weighted by atomic mass is 9.97. The maximum absolute atomic E-state index is 14.1. The zero-order valence-corrected chi connectivity index (χ0v) is 22.9. The van der Waals surface area contributed by atoms with Gasteiger partial charge in [0.05, 0.1) is 30.7 Å². The highest BCUT2D eigenvalue weighted by molar-refractivity contribution is 5.99. The van der Waals surface area contributed by atoms with Crippen molar-refractivity contribution >= 4 is 16.9 Å². The Morgan fingerprint density at radius 1 is 0.951 bits per heavy atom. The molecule has 0 spiro atoms. The summed E-state index contributed by atoms with van der Waals surface area (Å²) in [6, 6.07) is 13.7. The van der Waals surface area contributed by atoms with Gasteiger partial charge in [-0.2, -0.15) is 0 Å². The minimum absolute atomic E-state index is 0.0601. The number of hydrogen-bond donors (Lipinski definition) is 0. The Morgan fingerprint density at radius 2 is 1.80 bits per heavy atom. The number of methoxy groups -OCH3 is 1. The first-order chi connectivity index (χ1) is 20.0. The van der Waals surface area contributed by atoms with E-state index in [0.717, 1.165) is 37.3 Å². The number of halogens is 1. The molecule has 0 aliphatic carbocycles. The number of ether oxygens (including phenoxy) is 4. The zero-order valence-electron chi connectivity index (χ0n) is 22.9. The van der Waals surface area contributed by atoms with Crippen molar-refractivity contribution < 1.29 is 32.5 Å². The van der Waals surface area contributed by atoms with Gasteiger partial charge in [-0.3, -0.25) is 9.59 Å². The average molecular weight is 560 g/mol. The highest BCUT2D eigenvalue weighted by atomic mass is 19.1. The number of hydrogen-bond acceptors (Lipinski definition) is 7. The molecular weight excluding hydrogens is 529 g/mol. The van der Waals surface area contributed by atoms with Crippen molar-refractivity contribution in [3.8, 4) is 23.0 Å². The molecule has 1 amide bonds. The number of rotatable bonds is 10. The van der Waals surface area contributed by atoms with Gasteiger partial charge < -0.3 is 28.3 Å². The molecule has 0 radical (unpaired) electrons. The van der Waals surface area contributed by atoms with Crippen LogP contribution in [-0.2, 0) is 6.54 Å². The molecule has 6 rings (SSSR count). The van der Waals surface area contributed by atoms with Gasteiger partial charge in [0, 0.05) is 6.54 Å². The maximum Gasteiger partial charge on any atom is 0.291 e. The van der Waals surface area contributed by atoms with Gasteiger partial charge in [0.25, 0.3) is 5.91 Å². The van der Waals surface area contributed by atoms with Crippen molar-refractivity contribution in [3.05, 3.63) is 93.1 Å². The van der Waals surface area contributed by atoms with Crippen LogP contribution >= 0.6 is 0 Å². The number of carbonyl (C=O) groups excluding carboxylic acids is 1. The molecule has 9 heteroatoms. The van der Waals surface area contributed by atoms with Gasteiger partial charge in [0.2, 0.25) is 12.6 Å². The Kier molecular flexibility index (Phi) is 7.26. The van der Waals surface area contributed by atoms with Gasteiger partial charge in [0.1, 0.15) is 11.4 Å². The van der Waals surface area contributed by atoms with Crippen molar-refractivity contribution in [2.45, 2.75) is 45.2 Å². The van der Waals surface area contributed by atoms with E-state index >= 15 is 0 Å². The minimum atomic E-state index is -0.806. The highest BCUT2D eigenvalue weighted by Gasteiger charge is 2.43. The van der Waals surface area contributed by atoms with Gasteiger partial charge in [0.15, 0.2) is 28.4 Å². The van der Waals surface area contributed by atoms with Crippen LogP contribution in [0.5, 0.6) is 23.0 Å². The monoisotopic (exact) mass is 559 g/mol. The first-order valence-electron chi connectivity index (χ1n) is 13.7. The van der Waals surface area contributed by atoms with E-state index in [2.05, 4.69) is 6.92 Å². The number of unbranched alkanes of at least 4 members (excludes halogenated alkanes) is 3. The quantitative estimate of drug-likeness (QED) is 0.209. The summed E-state index contributed by atoms with van der Waals surface area (Å²) in [7, 11) is 1.55. The summed E-state index contributed by atoms with van der Waals surface area (Å²) in [5.74, 6) is 1.20. The molecule has 4 aromatic rings. The van der Waals surface area contributed by atoms with Gasteiger partial charge >= 0.3 is 0 Å². The summed E-state index contributed by atoms with van der Waals surface area (Å²) < 4.78 is 42.7. The summed E-state index contributed by atoms with van der Waals surface area (Å²) in [5, 5.41) is 0.0745. The molecule has 41 heavy (non-hydrogen) atoms. The first-order valence-corrected chi connectivity index (χ1v) is 13.7. The largest absolute Gasteiger partial charge is 0.493 e. The van der Waals surface area contributed by atoms with Crippen LogP contribution < -0.4 is 24.4 Å². The third-order valence-electron chi connectivity index (χ3n) is 7.48. The van der Waals surface area contributed by atoms with Crippen LogP contribution in [0.25, 0.3) is 11.0 Å². The standard InChI is InChI=1S/C32H30FNO7/c1-3-4-5-6-13-38-24-11-8-20(15-26(24)37-2)29-28-30(35)22-16-21(33)9-12-23(22)41-31(28)32(36)34(29)17-19-7-10-25-27(14-19)40-18-39-25/h7-12,14-16,29H,3-6,13,17-18H2,1-2H3. The maximum atomic E-state index is 14.1. The van der Waals surface area contributed by atoms with Crippen LogP contribution in [0.1, 0.15) is 65.9 Å². The number of amides is 1. The SMILES string of the molecule is CCCCCCOc1ccc(C2c3c(oc4ccc(F)cc4c3=O)C(=O)N2Cc2ccc3c(c2)OCO3)cc1OC. The van der Waals surface area contributed by atoms with E-state index in [1.54, 1.807) is 30.2 Å². The number of fused-ring (bicyclic) bond motifs is 3. The van der Waals surface area contributed by atoms with E-state index in [-0.39, 0.29) is 35.6 Å². The van der Waals surface area contributed by atoms with E-state index in [0.29, 0.717) is 35.2 Å². The summed E-state index contributed by atoms with van der Waals surface area (Å²) in [4.78, 5) is 29.2. The highest BCUT2D eigenvalue weighted by Crippen LogP contribution is 2.42. The van der Waals surface area contributed by atoms with Crippen molar-refractivity contribution in [1.82, 2.24) is 4.90 Å². The molecule has 3 aromatic carbocycles. The van der Waals surface area contributed by atoms with Crippen LogP contribution in [0.4, 0.5) is 4.39 Å². The average Bonchev–Trinajstić information content (AvgIpc) is 3.56. The Hall–Kier alpha value is -4.53. The molecule has 8 nitrogen and oxygen atoms in total. The van der Waals surface area contributed by atoms with E-state index in [1.165, 1.54) is 12.1 Å². The van der Waals surface area contributed by atoms with E-state index in [9.17, 15) is 14.0 Å². The number of carbonyl (C=O) groups is 1. The second kappa shape index (κ2) is 11.2. The summed E-state index contributed by atoms with van der Waals surface area (Å²) in [6.45, 7) is 3.00. The molecule has 0 fully saturated rings. The predicted octanol–water partition coefficient (Wildman–Crippen LogP) is 6.37. The Morgan fingerprint density at radius 3 is 2.63 bits per heavy atom. The summed E-state index contributed by atoms with van der Waals surface area (Å²) in [5.41, 5.74) is 1.27. The molecule has 0 N–H and O–H groups in total. The van der Waals surface area contributed by atoms with Crippen molar-refractivity contribution in [2.75, 3.05) is 20.5 Å². The predicted molar refractivity (Wildman–Crippen MR) is 149 cm³/mol. The van der Waals surface area contributed by atoms with Crippen LogP contribution in [0.15, 0.2) is 63.8 Å². The van der Waals surface area contributed by atoms with E-state index < -0.39 is 23.2 Å². The van der Waals surface area contributed by atoms with Crippen molar-refractivity contribution in [2.24, 2.45) is 0 Å². The molecule has 2 aliphatic rings. The molecule has 0 saturated carbocycles. The second-order valence-corrected chi connectivity index (χ2v) is 10.2. The van der Waals surface area contributed by atoms with Gasteiger partial charge in [-0.1, -0.05) is 38.3 Å². The third-order valence-corrected chi connectivity index (χ3v) is 7.48. The van der Waals surface area contributed by atoms with Crippen molar-refractivity contribution in [3.63, 3.8) is 0 Å². The zero-order chi connectivity index (χ0) is 28.5. The molecule has 1 atom stereocenters. The van der Waals surface area contributed by atoms with E-state index in [4.69, 9.17) is 23.4 Å². The molecule has 1 aromatic heterocycles. The molecule has 212 valence electrons. The van der Waals surface area contributed by atoms with Crippen molar-refractivity contribution in [1.29, 1.82) is 0 Å². The molecule has 3 heterocycles. The topological polar surface area (TPSA) is 87.4 Å². The normalized spacial score (nSPS) is 15.4. The fraction of sp³-hybridized carbons (Fsp3) is 0.312. The first kappa shape index (κ1) is 26.7. The van der Waals surface area contributed by atoms with Gasteiger partial charge in [-0.15, -0.1) is 0 Å². The fourth-order valence-corrected chi connectivity index (χ4v) is 5.42.